The summed E-state index contributed by atoms with van der Waals surface area (Å²) in [7, 11) is 3.56. The number of aliphatic hydroxyl groups is 1. The molecule has 0 bridgehead atoms. The quantitative estimate of drug-likeness (QED) is 0.423. The van der Waals surface area contributed by atoms with Crippen LogP contribution < -0.4 is 11.1 Å². The number of nitrogen functional groups attached to an aromatic ring is 1. The molecule has 2 unspecified atom stereocenters. The van der Waals surface area contributed by atoms with E-state index in [-0.39, 0.29) is 17.3 Å². The largest absolute Gasteiger partial charge is 0.388 e. The molecule has 0 radical (unpaired) electrons. The Balaban J connectivity index is 0.000000245. The van der Waals surface area contributed by atoms with Crippen molar-refractivity contribution in [3.05, 3.63) is 58.0 Å². The van der Waals surface area contributed by atoms with Gasteiger partial charge >= 0.3 is 0 Å². The van der Waals surface area contributed by atoms with Crippen molar-refractivity contribution in [3.8, 4) is 6.07 Å². The standard InChI is InChI=1S/C18H24ClN5O2.C8H7FN2/c1-3-24-16(14(19)17(20)22-24)18(26)6-11-4-10(5-12(11)7-18)15-13(8-25)23(2)9-21-15;1-11-7-2-3-8(9)6(4-7)5-10/h8-12,26H,3-7H2,1-2H3,(H2,20,22);2-4,11H,1H3. The number of hydrogen-bond donors (Lipinski definition) is 3. The number of carbonyl (C=O) groups is 1. The van der Waals surface area contributed by atoms with Gasteiger partial charge in [0, 0.05) is 32.2 Å². The normalized spacial score (nSPS) is 24.2. The highest BCUT2D eigenvalue weighted by atomic mass is 35.5. The number of aryl methyl sites for hydroxylation is 2. The first kappa shape index (κ1) is 26.6. The highest BCUT2D eigenvalue weighted by Gasteiger charge is 2.52. The predicted octanol–water partition coefficient (Wildman–Crippen LogP) is 4.22. The molecule has 5 rings (SSSR count). The Kier molecular flexibility index (Phi) is 7.57. The summed E-state index contributed by atoms with van der Waals surface area (Å²) in [6, 6.07) is 6.07. The number of benzene rings is 1. The number of rotatable bonds is 5. The van der Waals surface area contributed by atoms with Crippen LogP contribution in [-0.4, -0.2) is 37.8 Å². The molecule has 3 aromatic rings. The van der Waals surface area contributed by atoms with Gasteiger partial charge in [-0.2, -0.15) is 10.4 Å². The zero-order valence-corrected chi connectivity index (χ0v) is 21.8. The molecule has 196 valence electrons. The van der Waals surface area contributed by atoms with E-state index in [1.807, 2.05) is 14.0 Å². The average Bonchev–Trinajstić information content (AvgIpc) is 3.60. The van der Waals surface area contributed by atoms with Crippen molar-refractivity contribution >= 4 is 29.4 Å². The average molecular weight is 528 g/mol. The van der Waals surface area contributed by atoms with Gasteiger partial charge in [0.2, 0.25) is 0 Å². The Morgan fingerprint density at radius 3 is 2.62 bits per heavy atom. The van der Waals surface area contributed by atoms with E-state index in [0.29, 0.717) is 47.6 Å². The summed E-state index contributed by atoms with van der Waals surface area (Å²) in [6.07, 6.45) is 5.72. The number of carbonyl (C=O) groups excluding carboxylic acids is 1. The minimum atomic E-state index is -0.990. The fourth-order valence-corrected chi connectivity index (χ4v) is 6.20. The summed E-state index contributed by atoms with van der Waals surface area (Å²) < 4.78 is 16.2. The van der Waals surface area contributed by atoms with E-state index in [1.165, 1.54) is 12.1 Å². The second-order valence-electron chi connectivity index (χ2n) is 9.79. The van der Waals surface area contributed by atoms with Crippen LogP contribution in [0.4, 0.5) is 15.9 Å². The third-order valence-corrected chi connectivity index (χ3v) is 7.96. The molecule has 2 fully saturated rings. The van der Waals surface area contributed by atoms with Gasteiger partial charge in [0.15, 0.2) is 12.1 Å². The first-order valence-corrected chi connectivity index (χ1v) is 12.6. The molecule has 1 aromatic carbocycles. The zero-order chi connectivity index (χ0) is 26.9. The molecular weight excluding hydrogens is 497 g/mol. The van der Waals surface area contributed by atoms with Crippen LogP contribution in [0.1, 0.15) is 66.0 Å². The first-order chi connectivity index (χ1) is 17.6. The van der Waals surface area contributed by atoms with Crippen molar-refractivity contribution in [1.82, 2.24) is 19.3 Å². The minimum Gasteiger partial charge on any atom is -0.388 e. The Labute approximate surface area is 220 Å². The lowest BCUT2D eigenvalue weighted by molar-refractivity contribution is 0.0256. The summed E-state index contributed by atoms with van der Waals surface area (Å²) in [5.74, 6) is 0.822. The fraction of sp³-hybridized carbons (Fsp3) is 0.462. The van der Waals surface area contributed by atoms with Gasteiger partial charge < -0.3 is 20.7 Å². The number of nitrogens with one attached hydrogen (secondary N) is 1. The van der Waals surface area contributed by atoms with Gasteiger partial charge in [0.1, 0.15) is 28.2 Å². The van der Waals surface area contributed by atoms with Gasteiger partial charge in [0.25, 0.3) is 0 Å². The van der Waals surface area contributed by atoms with E-state index in [0.717, 1.165) is 30.5 Å². The van der Waals surface area contributed by atoms with Crippen LogP contribution in [0.3, 0.4) is 0 Å². The number of hydrogen-bond acceptors (Lipinski definition) is 7. The maximum absolute atomic E-state index is 12.7. The Bertz CT molecular complexity index is 1330. The van der Waals surface area contributed by atoms with E-state index in [9.17, 15) is 14.3 Å². The number of anilines is 2. The third kappa shape index (κ3) is 4.93. The second-order valence-corrected chi connectivity index (χ2v) is 10.2. The molecule has 2 aliphatic rings. The molecule has 2 aromatic heterocycles. The van der Waals surface area contributed by atoms with Crippen molar-refractivity contribution in [2.24, 2.45) is 18.9 Å². The van der Waals surface area contributed by atoms with E-state index < -0.39 is 11.4 Å². The molecule has 0 aliphatic heterocycles. The molecule has 2 atom stereocenters. The Hall–Kier alpha value is -3.42. The fourth-order valence-electron chi connectivity index (χ4n) is 5.89. The van der Waals surface area contributed by atoms with Gasteiger partial charge in [-0.15, -0.1) is 0 Å². The number of fused-ring (bicyclic) bond motifs is 1. The van der Waals surface area contributed by atoms with Crippen molar-refractivity contribution < 1.29 is 14.3 Å². The number of nitrogens with zero attached hydrogens (tertiary/aromatic N) is 5. The molecule has 0 spiro atoms. The topological polar surface area (TPSA) is 135 Å². The lowest BCUT2D eigenvalue weighted by Crippen LogP contribution is -2.27. The second kappa shape index (κ2) is 10.5. The smallest absolute Gasteiger partial charge is 0.168 e. The maximum Gasteiger partial charge on any atom is 0.168 e. The molecule has 2 heterocycles. The van der Waals surface area contributed by atoms with Crippen LogP contribution in [0.25, 0.3) is 0 Å². The van der Waals surface area contributed by atoms with Crippen molar-refractivity contribution in [3.63, 3.8) is 0 Å². The molecule has 37 heavy (non-hydrogen) atoms. The van der Waals surface area contributed by atoms with Crippen LogP contribution in [0.5, 0.6) is 0 Å². The maximum atomic E-state index is 12.7. The van der Waals surface area contributed by atoms with Gasteiger partial charge in [0.05, 0.1) is 23.3 Å². The molecule has 2 aliphatic carbocycles. The number of aromatic nitrogens is 4. The van der Waals surface area contributed by atoms with E-state index in [4.69, 9.17) is 22.6 Å². The van der Waals surface area contributed by atoms with E-state index in [1.54, 1.807) is 34.8 Å². The molecule has 0 amide bonds. The first-order valence-electron chi connectivity index (χ1n) is 12.2. The molecular formula is C26H31ClFN7O2. The number of nitrogens with two attached hydrogens (primary N) is 1. The highest BCUT2D eigenvalue weighted by Crippen LogP contribution is 2.57. The molecule has 9 nitrogen and oxygen atoms in total. The number of imidazole rings is 1. The van der Waals surface area contributed by atoms with Gasteiger partial charge in [-0.1, -0.05) is 11.6 Å². The van der Waals surface area contributed by atoms with Gasteiger partial charge in [-0.25, -0.2) is 9.37 Å². The van der Waals surface area contributed by atoms with Crippen LogP contribution in [0, 0.1) is 29.0 Å². The van der Waals surface area contributed by atoms with Gasteiger partial charge in [-0.05, 0) is 62.6 Å². The highest BCUT2D eigenvalue weighted by molar-refractivity contribution is 6.33. The summed E-state index contributed by atoms with van der Waals surface area (Å²) in [6.45, 7) is 2.58. The van der Waals surface area contributed by atoms with Crippen LogP contribution in [0.2, 0.25) is 5.02 Å². The van der Waals surface area contributed by atoms with Crippen LogP contribution in [-0.2, 0) is 19.2 Å². The lowest BCUT2D eigenvalue weighted by atomic mass is 9.90. The molecule has 0 saturated heterocycles. The van der Waals surface area contributed by atoms with Crippen molar-refractivity contribution in [2.45, 2.75) is 50.7 Å². The molecule has 11 heteroatoms. The number of nitriles is 1. The summed E-state index contributed by atoms with van der Waals surface area (Å²) in [5, 5.41) is 27.2. The SMILES string of the molecule is CCn1nc(N)c(Cl)c1C1(O)CC2CC(c3ncn(C)c3C=O)CC2C1.CNc1ccc(F)c(C#N)c1. The van der Waals surface area contributed by atoms with Crippen molar-refractivity contribution in [1.29, 1.82) is 5.26 Å². The monoisotopic (exact) mass is 527 g/mol. The van der Waals surface area contributed by atoms with Gasteiger partial charge in [-0.3, -0.25) is 9.48 Å². The summed E-state index contributed by atoms with van der Waals surface area (Å²) in [5.41, 5.74) is 7.89. The zero-order valence-electron chi connectivity index (χ0n) is 21.1. The molecule has 4 N–H and O–H groups in total. The van der Waals surface area contributed by atoms with Crippen LogP contribution >= 0.6 is 11.6 Å². The predicted molar refractivity (Wildman–Crippen MR) is 139 cm³/mol. The third-order valence-electron chi connectivity index (χ3n) is 7.59. The van der Waals surface area contributed by atoms with E-state index >= 15 is 0 Å². The van der Waals surface area contributed by atoms with E-state index in [2.05, 4.69) is 15.4 Å². The Morgan fingerprint density at radius 1 is 1.38 bits per heavy atom. The molecule has 2 saturated carbocycles. The minimum absolute atomic E-state index is 0.0665. The summed E-state index contributed by atoms with van der Waals surface area (Å²) >= 11 is 6.37. The van der Waals surface area contributed by atoms with Crippen molar-refractivity contribution in [2.75, 3.05) is 18.1 Å². The summed E-state index contributed by atoms with van der Waals surface area (Å²) in [4.78, 5) is 15.8. The lowest BCUT2D eigenvalue weighted by Gasteiger charge is -2.26. The van der Waals surface area contributed by atoms with Crippen LogP contribution in [0.15, 0.2) is 24.5 Å². The Morgan fingerprint density at radius 2 is 2.05 bits per heavy atom. The number of aldehydes is 1. The number of halogens is 2.